The summed E-state index contributed by atoms with van der Waals surface area (Å²) in [5.41, 5.74) is 0.676. The Kier molecular flexibility index (Phi) is 8.77. The molecule has 3 amide bonds. The van der Waals surface area contributed by atoms with Gasteiger partial charge in [-0.3, -0.25) is 4.79 Å². The van der Waals surface area contributed by atoms with Crippen molar-refractivity contribution in [1.29, 1.82) is 0 Å². The van der Waals surface area contributed by atoms with E-state index >= 15 is 0 Å². The third-order valence-electron chi connectivity index (χ3n) is 4.51. The van der Waals surface area contributed by atoms with Crippen LogP contribution in [0.5, 0.6) is 11.5 Å². The van der Waals surface area contributed by atoms with Crippen LogP contribution in [0.2, 0.25) is 0 Å². The van der Waals surface area contributed by atoms with Crippen molar-refractivity contribution >= 4 is 11.9 Å². The second kappa shape index (κ2) is 11.3. The number of urea groups is 1. The number of rotatable bonds is 9. The number of alkyl halides is 2. The summed E-state index contributed by atoms with van der Waals surface area (Å²) in [5.74, 6) is -0.140. The van der Waals surface area contributed by atoms with E-state index in [1.807, 2.05) is 0 Å². The predicted octanol–water partition coefficient (Wildman–Crippen LogP) is 2.93. The zero-order chi connectivity index (χ0) is 20.4. The highest BCUT2D eigenvalue weighted by Gasteiger charge is 2.15. The van der Waals surface area contributed by atoms with E-state index in [1.54, 1.807) is 6.07 Å². The first-order chi connectivity index (χ1) is 13.5. The molecule has 3 N–H and O–H groups in total. The zero-order valence-corrected chi connectivity index (χ0v) is 15.9. The van der Waals surface area contributed by atoms with E-state index in [0.29, 0.717) is 5.56 Å². The Bertz CT molecular complexity index is 652. The van der Waals surface area contributed by atoms with Crippen molar-refractivity contribution in [3.05, 3.63) is 23.8 Å². The van der Waals surface area contributed by atoms with Crippen LogP contribution in [0.4, 0.5) is 13.6 Å². The van der Waals surface area contributed by atoms with Gasteiger partial charge in [-0.05, 0) is 30.5 Å². The number of hydrogen-bond acceptors (Lipinski definition) is 4. The molecular formula is C19H27F2N3O4. The summed E-state index contributed by atoms with van der Waals surface area (Å²) < 4.78 is 34.0. The summed E-state index contributed by atoms with van der Waals surface area (Å²) in [6.45, 7) is -2.50. The number of hydrogen-bond donors (Lipinski definition) is 3. The monoisotopic (exact) mass is 399 g/mol. The molecule has 0 spiro atoms. The lowest BCUT2D eigenvalue weighted by atomic mass is 9.96. The Morgan fingerprint density at radius 3 is 2.57 bits per heavy atom. The topological polar surface area (TPSA) is 88.7 Å². The second-order valence-electron chi connectivity index (χ2n) is 6.63. The number of carbonyl (C=O) groups is 2. The molecule has 1 aromatic rings. The molecule has 156 valence electrons. The molecule has 28 heavy (non-hydrogen) atoms. The predicted molar refractivity (Wildman–Crippen MR) is 99.5 cm³/mol. The average Bonchev–Trinajstić information content (AvgIpc) is 2.67. The van der Waals surface area contributed by atoms with Crippen molar-refractivity contribution in [2.24, 2.45) is 0 Å². The summed E-state index contributed by atoms with van der Waals surface area (Å²) in [5, 5.41) is 8.32. The molecule has 0 aromatic heterocycles. The number of halogens is 2. The van der Waals surface area contributed by atoms with Gasteiger partial charge in [0.25, 0.3) is 0 Å². The van der Waals surface area contributed by atoms with E-state index in [9.17, 15) is 18.4 Å². The standard InChI is InChI=1S/C19H27F2N3O4/c1-27-16-11-13(7-8-15(16)28-18(20)21)12-23-17(25)9-10-22-19(26)24-14-5-3-2-4-6-14/h7-8,11,14,18H,2-6,9-10,12H2,1H3,(H,23,25)(H2,22,24,26). The lowest BCUT2D eigenvalue weighted by molar-refractivity contribution is -0.121. The number of methoxy groups -OCH3 is 1. The molecule has 0 aliphatic heterocycles. The molecule has 0 saturated heterocycles. The third-order valence-corrected chi connectivity index (χ3v) is 4.51. The molecular weight excluding hydrogens is 372 g/mol. The minimum absolute atomic E-state index is 0.0687. The van der Waals surface area contributed by atoms with Crippen LogP contribution < -0.4 is 25.4 Å². The first-order valence-corrected chi connectivity index (χ1v) is 9.40. The van der Waals surface area contributed by atoms with E-state index in [2.05, 4.69) is 20.7 Å². The first-order valence-electron chi connectivity index (χ1n) is 9.40. The summed E-state index contributed by atoms with van der Waals surface area (Å²) in [6.07, 6.45) is 5.62. The molecule has 0 radical (unpaired) electrons. The fraction of sp³-hybridized carbons (Fsp3) is 0.579. The van der Waals surface area contributed by atoms with Gasteiger partial charge in [0.15, 0.2) is 11.5 Å². The van der Waals surface area contributed by atoms with Crippen molar-refractivity contribution < 1.29 is 27.8 Å². The summed E-state index contributed by atoms with van der Waals surface area (Å²) in [6, 6.07) is 4.42. The summed E-state index contributed by atoms with van der Waals surface area (Å²) in [7, 11) is 1.35. The Hall–Kier alpha value is -2.58. The quantitative estimate of drug-likeness (QED) is 0.596. The van der Waals surface area contributed by atoms with Crippen molar-refractivity contribution in [2.45, 2.75) is 57.7 Å². The fourth-order valence-corrected chi connectivity index (χ4v) is 3.08. The van der Waals surface area contributed by atoms with Crippen LogP contribution in [0.15, 0.2) is 18.2 Å². The van der Waals surface area contributed by atoms with Gasteiger partial charge in [0, 0.05) is 25.6 Å². The van der Waals surface area contributed by atoms with E-state index < -0.39 is 6.61 Å². The maximum absolute atomic E-state index is 12.3. The largest absolute Gasteiger partial charge is 0.493 e. The molecule has 1 aliphatic rings. The number of amides is 3. The highest BCUT2D eigenvalue weighted by atomic mass is 19.3. The molecule has 0 heterocycles. The Balaban J connectivity index is 1.68. The smallest absolute Gasteiger partial charge is 0.387 e. The Morgan fingerprint density at radius 1 is 1.14 bits per heavy atom. The van der Waals surface area contributed by atoms with E-state index in [4.69, 9.17) is 4.74 Å². The van der Waals surface area contributed by atoms with Gasteiger partial charge >= 0.3 is 12.6 Å². The van der Waals surface area contributed by atoms with Gasteiger partial charge in [-0.1, -0.05) is 25.3 Å². The van der Waals surface area contributed by atoms with E-state index in [1.165, 1.54) is 25.7 Å². The molecule has 0 unspecified atom stereocenters. The molecule has 1 aromatic carbocycles. The van der Waals surface area contributed by atoms with Crippen LogP contribution in [-0.4, -0.2) is 38.2 Å². The Morgan fingerprint density at radius 2 is 1.89 bits per heavy atom. The SMILES string of the molecule is COc1cc(CNC(=O)CCNC(=O)NC2CCCCC2)ccc1OC(F)F. The molecule has 1 saturated carbocycles. The highest BCUT2D eigenvalue weighted by Crippen LogP contribution is 2.29. The minimum atomic E-state index is -2.94. The van der Waals surface area contributed by atoms with Crippen LogP contribution >= 0.6 is 0 Å². The average molecular weight is 399 g/mol. The molecule has 7 nitrogen and oxygen atoms in total. The number of benzene rings is 1. The van der Waals surface area contributed by atoms with Crippen LogP contribution in [0, 0.1) is 0 Å². The summed E-state index contributed by atoms with van der Waals surface area (Å²) >= 11 is 0. The van der Waals surface area contributed by atoms with Crippen LogP contribution in [0.3, 0.4) is 0 Å². The molecule has 1 fully saturated rings. The van der Waals surface area contributed by atoms with Gasteiger partial charge < -0.3 is 25.4 Å². The summed E-state index contributed by atoms with van der Waals surface area (Å²) in [4.78, 5) is 23.7. The van der Waals surface area contributed by atoms with Gasteiger partial charge in [0.1, 0.15) is 0 Å². The third kappa shape index (κ3) is 7.58. The molecule has 1 aliphatic carbocycles. The lowest BCUT2D eigenvalue weighted by Crippen LogP contribution is -2.43. The van der Waals surface area contributed by atoms with Crippen LogP contribution in [0.1, 0.15) is 44.1 Å². The van der Waals surface area contributed by atoms with Crippen molar-refractivity contribution in [3.63, 3.8) is 0 Å². The van der Waals surface area contributed by atoms with E-state index in [0.717, 1.165) is 25.7 Å². The molecule has 2 rings (SSSR count). The van der Waals surface area contributed by atoms with Crippen molar-refractivity contribution in [1.82, 2.24) is 16.0 Å². The van der Waals surface area contributed by atoms with Gasteiger partial charge in [-0.2, -0.15) is 8.78 Å². The fourth-order valence-electron chi connectivity index (χ4n) is 3.08. The number of nitrogens with one attached hydrogen (secondary N) is 3. The number of ether oxygens (including phenoxy) is 2. The zero-order valence-electron chi connectivity index (χ0n) is 15.9. The normalized spacial score (nSPS) is 14.4. The Labute approximate surface area is 163 Å². The molecule has 9 heteroatoms. The van der Waals surface area contributed by atoms with Gasteiger partial charge in [-0.25, -0.2) is 4.79 Å². The van der Waals surface area contributed by atoms with Gasteiger partial charge in [-0.15, -0.1) is 0 Å². The minimum Gasteiger partial charge on any atom is -0.493 e. The molecule has 0 atom stereocenters. The first kappa shape index (κ1) is 21.7. The maximum atomic E-state index is 12.3. The maximum Gasteiger partial charge on any atom is 0.387 e. The second-order valence-corrected chi connectivity index (χ2v) is 6.63. The van der Waals surface area contributed by atoms with E-state index in [-0.39, 0.29) is 49.0 Å². The van der Waals surface area contributed by atoms with Crippen molar-refractivity contribution in [2.75, 3.05) is 13.7 Å². The number of carbonyl (C=O) groups excluding carboxylic acids is 2. The highest BCUT2D eigenvalue weighted by molar-refractivity contribution is 5.78. The lowest BCUT2D eigenvalue weighted by Gasteiger charge is -2.22. The van der Waals surface area contributed by atoms with Crippen molar-refractivity contribution in [3.8, 4) is 11.5 Å². The van der Waals surface area contributed by atoms with Gasteiger partial charge in [0.2, 0.25) is 5.91 Å². The van der Waals surface area contributed by atoms with Crippen LogP contribution in [-0.2, 0) is 11.3 Å². The van der Waals surface area contributed by atoms with Crippen LogP contribution in [0.25, 0.3) is 0 Å². The van der Waals surface area contributed by atoms with Gasteiger partial charge in [0.05, 0.1) is 7.11 Å². The molecule has 0 bridgehead atoms.